The predicted molar refractivity (Wildman–Crippen MR) is 129 cm³/mol. The van der Waals surface area contributed by atoms with Crippen molar-refractivity contribution in [2.45, 2.75) is 23.3 Å². The van der Waals surface area contributed by atoms with E-state index in [0.717, 1.165) is 5.56 Å². The molecule has 0 aromatic heterocycles. The summed E-state index contributed by atoms with van der Waals surface area (Å²) in [6, 6.07) is 16.2. The number of carbonyl (C=O) groups is 1. The molecule has 0 unspecified atom stereocenters. The molecule has 34 heavy (non-hydrogen) atoms. The molecule has 3 aromatic carbocycles. The van der Waals surface area contributed by atoms with Crippen LogP contribution in [-0.4, -0.2) is 29.3 Å². The summed E-state index contributed by atoms with van der Waals surface area (Å²) in [5, 5.41) is 8.13. The van der Waals surface area contributed by atoms with Crippen molar-refractivity contribution in [3.05, 3.63) is 82.9 Å². The number of ether oxygens (including phenoxy) is 1. The quantitative estimate of drug-likeness (QED) is 0.393. The monoisotopic (exact) mass is 523 g/mol. The van der Waals surface area contributed by atoms with E-state index in [0.29, 0.717) is 22.0 Å². The molecule has 9 nitrogen and oxygen atoms in total. The van der Waals surface area contributed by atoms with Crippen molar-refractivity contribution < 1.29 is 26.4 Å². The summed E-state index contributed by atoms with van der Waals surface area (Å²) in [4.78, 5) is 12.0. The number of benzene rings is 3. The van der Waals surface area contributed by atoms with Gasteiger partial charge in [0, 0.05) is 11.6 Å². The van der Waals surface area contributed by atoms with E-state index in [1.165, 1.54) is 42.5 Å². The number of halogens is 1. The number of hydrogen-bond donors (Lipinski definition) is 3. The number of carbonyl (C=O) groups excluding carboxylic acids is 1. The van der Waals surface area contributed by atoms with Crippen molar-refractivity contribution in [2.24, 2.45) is 5.14 Å². The largest absolute Gasteiger partial charge is 0.484 e. The number of amides is 1. The number of primary sulfonamides is 1. The van der Waals surface area contributed by atoms with Crippen molar-refractivity contribution in [3.63, 3.8) is 0 Å². The summed E-state index contributed by atoms with van der Waals surface area (Å²) in [6.07, 6.45) is 0. The van der Waals surface area contributed by atoms with Crippen molar-refractivity contribution in [1.82, 2.24) is 5.32 Å². The molecule has 0 saturated heterocycles. The number of nitrogens with one attached hydrogen (secondary N) is 2. The number of anilines is 1. The van der Waals surface area contributed by atoms with E-state index in [1.54, 1.807) is 24.3 Å². The minimum absolute atomic E-state index is 0.0175. The van der Waals surface area contributed by atoms with E-state index in [9.17, 15) is 21.6 Å². The third kappa shape index (κ3) is 6.94. The lowest BCUT2D eigenvalue weighted by Gasteiger charge is -2.11. The zero-order chi connectivity index (χ0) is 24.9. The molecule has 0 aliphatic rings. The Morgan fingerprint density at radius 3 is 2.15 bits per heavy atom. The van der Waals surface area contributed by atoms with Crippen LogP contribution in [0.25, 0.3) is 0 Å². The average molecular weight is 524 g/mol. The van der Waals surface area contributed by atoms with Crippen LogP contribution in [-0.2, 0) is 31.4 Å². The molecule has 0 aliphatic carbocycles. The first kappa shape index (κ1) is 25.5. The van der Waals surface area contributed by atoms with Crippen LogP contribution in [0.15, 0.2) is 76.5 Å². The van der Waals surface area contributed by atoms with Gasteiger partial charge in [-0.15, -0.1) is 0 Å². The summed E-state index contributed by atoms with van der Waals surface area (Å²) in [7, 11) is -7.61. The van der Waals surface area contributed by atoms with E-state index in [1.807, 2.05) is 6.92 Å². The van der Waals surface area contributed by atoms with Crippen molar-refractivity contribution in [1.29, 1.82) is 0 Å². The summed E-state index contributed by atoms with van der Waals surface area (Å²) < 4.78 is 55.5. The maximum Gasteiger partial charge on any atom is 0.261 e. The van der Waals surface area contributed by atoms with Gasteiger partial charge in [-0.2, -0.15) is 0 Å². The van der Waals surface area contributed by atoms with E-state index < -0.39 is 26.0 Å². The van der Waals surface area contributed by atoms with Gasteiger partial charge in [0.05, 0.1) is 15.5 Å². The van der Waals surface area contributed by atoms with Gasteiger partial charge in [-0.3, -0.25) is 9.52 Å². The molecule has 1 amide bonds. The lowest BCUT2D eigenvalue weighted by atomic mass is 10.2. The smallest absolute Gasteiger partial charge is 0.261 e. The molecule has 4 N–H and O–H groups in total. The van der Waals surface area contributed by atoms with Gasteiger partial charge in [0.15, 0.2) is 6.61 Å². The topological polar surface area (TPSA) is 145 Å². The van der Waals surface area contributed by atoms with Crippen LogP contribution in [0.2, 0.25) is 5.02 Å². The highest BCUT2D eigenvalue weighted by molar-refractivity contribution is 7.92. The molecule has 0 aliphatic heterocycles. The second-order valence-corrected chi connectivity index (χ2v) is 10.9. The zero-order valence-corrected chi connectivity index (χ0v) is 20.4. The first-order chi connectivity index (χ1) is 15.9. The van der Waals surface area contributed by atoms with E-state index in [2.05, 4.69) is 10.0 Å². The van der Waals surface area contributed by atoms with Crippen LogP contribution in [0.1, 0.15) is 11.1 Å². The highest BCUT2D eigenvalue weighted by Gasteiger charge is 2.15. The van der Waals surface area contributed by atoms with E-state index in [4.69, 9.17) is 21.5 Å². The van der Waals surface area contributed by atoms with Crippen LogP contribution in [0.5, 0.6) is 5.75 Å². The van der Waals surface area contributed by atoms with Crippen LogP contribution < -0.4 is 19.9 Å². The van der Waals surface area contributed by atoms with Crippen LogP contribution >= 0.6 is 11.6 Å². The number of rotatable bonds is 9. The molecule has 0 radical (unpaired) electrons. The number of sulfonamides is 2. The third-order valence-corrected chi connectivity index (χ3v) is 7.40. The molecule has 180 valence electrons. The van der Waals surface area contributed by atoms with Gasteiger partial charge in [-0.25, -0.2) is 22.0 Å². The Morgan fingerprint density at radius 2 is 1.56 bits per heavy atom. The fourth-order valence-electron chi connectivity index (χ4n) is 2.78. The van der Waals surface area contributed by atoms with Crippen LogP contribution in [0, 0.1) is 6.92 Å². The van der Waals surface area contributed by atoms with Gasteiger partial charge in [-0.1, -0.05) is 29.8 Å². The van der Waals surface area contributed by atoms with Crippen LogP contribution in [0.4, 0.5) is 5.69 Å². The summed E-state index contributed by atoms with van der Waals surface area (Å²) in [6.45, 7) is 1.69. The highest BCUT2D eigenvalue weighted by atomic mass is 35.5. The number of hydrogen-bond acceptors (Lipinski definition) is 6. The van der Waals surface area contributed by atoms with Crippen LogP contribution in [0.3, 0.4) is 0 Å². The Bertz CT molecular complexity index is 1390. The Balaban J connectivity index is 1.52. The first-order valence-electron chi connectivity index (χ1n) is 9.84. The second kappa shape index (κ2) is 10.4. The fraction of sp³-hybridized carbons (Fsp3) is 0.136. The molecular weight excluding hydrogens is 502 g/mol. The van der Waals surface area contributed by atoms with Gasteiger partial charge in [0.1, 0.15) is 5.75 Å². The molecule has 0 spiro atoms. The Labute approximate surface area is 203 Å². The predicted octanol–water partition coefficient (Wildman–Crippen LogP) is 2.79. The molecule has 3 aromatic rings. The minimum atomic E-state index is -3.83. The van der Waals surface area contributed by atoms with E-state index in [-0.39, 0.29) is 22.9 Å². The van der Waals surface area contributed by atoms with E-state index >= 15 is 0 Å². The minimum Gasteiger partial charge on any atom is -0.484 e. The average Bonchev–Trinajstić information content (AvgIpc) is 2.78. The zero-order valence-electron chi connectivity index (χ0n) is 18.0. The van der Waals surface area contributed by atoms with Gasteiger partial charge < -0.3 is 10.1 Å². The number of aryl methyl sites for hydroxylation is 1. The highest BCUT2D eigenvalue weighted by Crippen LogP contribution is 2.23. The summed E-state index contributed by atoms with van der Waals surface area (Å²) in [5.74, 6) is -0.102. The lowest BCUT2D eigenvalue weighted by molar-refractivity contribution is -0.123. The molecule has 0 fully saturated rings. The summed E-state index contributed by atoms with van der Waals surface area (Å²) in [5.41, 5.74) is 1.85. The van der Waals surface area contributed by atoms with Gasteiger partial charge >= 0.3 is 0 Å². The molecule has 0 bridgehead atoms. The van der Waals surface area contributed by atoms with Gasteiger partial charge in [0.2, 0.25) is 10.0 Å². The Kier molecular flexibility index (Phi) is 7.82. The van der Waals surface area contributed by atoms with Gasteiger partial charge in [-0.05, 0) is 66.6 Å². The molecule has 0 atom stereocenters. The van der Waals surface area contributed by atoms with Crippen molar-refractivity contribution >= 4 is 43.2 Å². The van der Waals surface area contributed by atoms with Crippen molar-refractivity contribution in [2.75, 3.05) is 11.3 Å². The molecule has 0 saturated carbocycles. The molecular formula is C22H22ClN3O6S2. The van der Waals surface area contributed by atoms with Gasteiger partial charge in [0.25, 0.3) is 15.9 Å². The molecule has 0 heterocycles. The Hall–Kier alpha value is -3.12. The maximum absolute atomic E-state index is 12.6. The summed E-state index contributed by atoms with van der Waals surface area (Å²) >= 11 is 6.04. The molecule has 3 rings (SSSR count). The third-order valence-electron chi connectivity index (χ3n) is 4.67. The maximum atomic E-state index is 12.6. The number of nitrogens with two attached hydrogens (primary N) is 1. The Morgan fingerprint density at radius 1 is 0.941 bits per heavy atom. The fourth-order valence-corrected chi connectivity index (χ4v) is 4.53. The second-order valence-electron chi connectivity index (χ2n) is 7.30. The SMILES string of the molecule is Cc1ccc(NS(=O)(=O)c2ccc(OCC(=O)NCc3ccc(S(N)(=O)=O)cc3)cc2)cc1Cl. The molecule has 12 heteroatoms. The lowest BCUT2D eigenvalue weighted by Crippen LogP contribution is -2.28. The normalized spacial score (nSPS) is 11.6. The van der Waals surface area contributed by atoms with Crippen molar-refractivity contribution in [3.8, 4) is 5.75 Å². The first-order valence-corrected chi connectivity index (χ1v) is 13.2. The standard InChI is InChI=1S/C22H22ClN3O6S2/c1-15-2-5-17(12-21(15)23)26-34(30,31)20-10-6-18(7-11-20)32-14-22(27)25-13-16-3-8-19(9-4-16)33(24,28)29/h2-12,26H,13-14H2,1H3,(H,25,27)(H2,24,28,29).